The van der Waals surface area contributed by atoms with Crippen LogP contribution in [0.2, 0.25) is 0 Å². The van der Waals surface area contributed by atoms with Gasteiger partial charge >= 0.3 is 5.97 Å². The van der Waals surface area contributed by atoms with Crippen molar-refractivity contribution in [2.45, 2.75) is 6.42 Å². The number of para-hydroxylation sites is 1. The lowest BCUT2D eigenvalue weighted by molar-refractivity contribution is 0.0692. The molecule has 1 aromatic heterocycles. The molecule has 0 unspecified atom stereocenters. The second kappa shape index (κ2) is 6.12. The number of benzene rings is 1. The highest BCUT2D eigenvalue weighted by Crippen LogP contribution is 2.27. The molecule has 0 aliphatic carbocycles. The Hall–Kier alpha value is -2.47. The third-order valence-electron chi connectivity index (χ3n) is 2.61. The van der Waals surface area contributed by atoms with Crippen LogP contribution in [0.15, 0.2) is 36.5 Å². The zero-order valence-electron chi connectivity index (χ0n) is 10.4. The molecule has 0 aliphatic rings. The average Bonchev–Trinajstić information content (AvgIpc) is 2.43. The quantitative estimate of drug-likeness (QED) is 0.876. The van der Waals surface area contributed by atoms with E-state index in [9.17, 15) is 9.18 Å². The number of carboxylic acids is 1. The lowest BCUT2D eigenvalue weighted by Crippen LogP contribution is -2.04. The summed E-state index contributed by atoms with van der Waals surface area (Å²) in [5, 5.41) is 18.0. The summed E-state index contributed by atoms with van der Waals surface area (Å²) in [6.45, 7) is -0.0665. The van der Waals surface area contributed by atoms with E-state index in [0.717, 1.165) is 12.3 Å². The van der Waals surface area contributed by atoms with E-state index in [2.05, 4.69) is 4.98 Å². The van der Waals surface area contributed by atoms with Crippen LogP contribution in [0.25, 0.3) is 0 Å². The van der Waals surface area contributed by atoms with Gasteiger partial charge in [-0.3, -0.25) is 0 Å². The van der Waals surface area contributed by atoms with Gasteiger partial charge in [0.25, 0.3) is 0 Å². The van der Waals surface area contributed by atoms with Crippen LogP contribution in [-0.2, 0) is 6.42 Å². The lowest BCUT2D eigenvalue weighted by Gasteiger charge is -2.11. The van der Waals surface area contributed by atoms with Gasteiger partial charge < -0.3 is 14.9 Å². The molecule has 0 atom stereocenters. The zero-order valence-corrected chi connectivity index (χ0v) is 10.4. The molecule has 0 amide bonds. The Morgan fingerprint density at radius 3 is 2.80 bits per heavy atom. The summed E-state index contributed by atoms with van der Waals surface area (Å²) in [4.78, 5) is 14.7. The molecule has 0 spiro atoms. The molecular weight excluding hydrogens is 265 g/mol. The minimum Gasteiger partial charge on any atom is -0.477 e. The van der Waals surface area contributed by atoms with Crippen LogP contribution in [0, 0.1) is 5.82 Å². The number of hydrogen-bond donors (Lipinski definition) is 2. The van der Waals surface area contributed by atoms with Crippen LogP contribution < -0.4 is 4.74 Å². The molecule has 0 fully saturated rings. The number of pyridine rings is 1. The Bertz CT molecular complexity index is 630. The summed E-state index contributed by atoms with van der Waals surface area (Å²) < 4.78 is 18.5. The van der Waals surface area contributed by atoms with E-state index in [1.807, 2.05) is 0 Å². The highest BCUT2D eigenvalue weighted by atomic mass is 19.1. The Morgan fingerprint density at radius 2 is 2.10 bits per heavy atom. The lowest BCUT2D eigenvalue weighted by atomic mass is 10.1. The van der Waals surface area contributed by atoms with Crippen LogP contribution in [-0.4, -0.2) is 27.8 Å². The van der Waals surface area contributed by atoms with Gasteiger partial charge in [-0.25, -0.2) is 14.2 Å². The van der Waals surface area contributed by atoms with Crippen LogP contribution in [0.1, 0.15) is 15.9 Å². The first-order valence-electron chi connectivity index (χ1n) is 5.87. The smallest absolute Gasteiger partial charge is 0.341 e. The summed E-state index contributed by atoms with van der Waals surface area (Å²) in [7, 11) is 0. The third kappa shape index (κ3) is 3.10. The summed E-state index contributed by atoms with van der Waals surface area (Å²) >= 11 is 0. The Balaban J connectivity index is 2.37. The fraction of sp³-hybridized carbons (Fsp3) is 0.143. The maximum absolute atomic E-state index is 13.0. The first kappa shape index (κ1) is 14.0. The zero-order chi connectivity index (χ0) is 14.5. The van der Waals surface area contributed by atoms with Crippen LogP contribution in [0.5, 0.6) is 11.6 Å². The van der Waals surface area contributed by atoms with Crippen LogP contribution in [0.4, 0.5) is 4.39 Å². The number of ether oxygens (including phenoxy) is 1. The van der Waals surface area contributed by atoms with Crippen molar-refractivity contribution in [1.29, 1.82) is 0 Å². The minimum absolute atomic E-state index is 0.0665. The topological polar surface area (TPSA) is 79.7 Å². The maximum atomic E-state index is 13.0. The normalized spacial score (nSPS) is 10.3. The molecule has 20 heavy (non-hydrogen) atoms. The molecule has 0 saturated carbocycles. The Labute approximate surface area is 114 Å². The number of aromatic carboxylic acids is 1. The molecule has 1 aromatic carbocycles. The van der Waals surface area contributed by atoms with E-state index in [1.165, 1.54) is 0 Å². The highest BCUT2D eigenvalue weighted by molar-refractivity contribution is 5.90. The Morgan fingerprint density at radius 1 is 1.35 bits per heavy atom. The van der Waals surface area contributed by atoms with E-state index in [0.29, 0.717) is 17.7 Å². The number of aliphatic hydroxyl groups excluding tert-OH is 1. The summed E-state index contributed by atoms with van der Waals surface area (Å²) in [6.07, 6.45) is 1.25. The monoisotopic (exact) mass is 277 g/mol. The van der Waals surface area contributed by atoms with Crippen molar-refractivity contribution in [3.8, 4) is 11.6 Å². The predicted molar refractivity (Wildman–Crippen MR) is 68.5 cm³/mol. The van der Waals surface area contributed by atoms with Crippen molar-refractivity contribution < 1.29 is 24.1 Å². The summed E-state index contributed by atoms with van der Waals surface area (Å²) in [5.41, 5.74) is 0.348. The van der Waals surface area contributed by atoms with Gasteiger partial charge in [0.2, 0.25) is 5.88 Å². The molecule has 0 aliphatic heterocycles. The molecule has 6 heteroatoms. The van der Waals surface area contributed by atoms with E-state index in [4.69, 9.17) is 14.9 Å². The van der Waals surface area contributed by atoms with Crippen LogP contribution in [0.3, 0.4) is 0 Å². The third-order valence-corrected chi connectivity index (χ3v) is 2.61. The van der Waals surface area contributed by atoms with E-state index < -0.39 is 11.8 Å². The van der Waals surface area contributed by atoms with Crippen molar-refractivity contribution in [2.75, 3.05) is 6.61 Å². The molecule has 1 heterocycles. The van der Waals surface area contributed by atoms with Gasteiger partial charge in [-0.2, -0.15) is 0 Å². The van der Waals surface area contributed by atoms with Crippen molar-refractivity contribution in [1.82, 2.24) is 4.98 Å². The fourth-order valence-electron chi connectivity index (χ4n) is 1.70. The number of halogens is 1. The van der Waals surface area contributed by atoms with Gasteiger partial charge in [0.05, 0.1) is 6.20 Å². The number of carbonyl (C=O) groups is 1. The number of hydrogen-bond acceptors (Lipinski definition) is 4. The van der Waals surface area contributed by atoms with Gasteiger partial charge in [0.15, 0.2) is 0 Å². The first-order valence-corrected chi connectivity index (χ1v) is 5.87. The van der Waals surface area contributed by atoms with Crippen molar-refractivity contribution >= 4 is 5.97 Å². The number of aromatic nitrogens is 1. The van der Waals surface area contributed by atoms with Crippen LogP contribution >= 0.6 is 0 Å². The second-order valence-electron chi connectivity index (χ2n) is 3.99. The number of aliphatic hydroxyl groups is 1. The van der Waals surface area contributed by atoms with Gasteiger partial charge in [0.1, 0.15) is 17.1 Å². The molecule has 5 nitrogen and oxygen atoms in total. The maximum Gasteiger partial charge on any atom is 0.341 e. The Kier molecular flexibility index (Phi) is 4.27. The first-order chi connectivity index (χ1) is 9.61. The van der Waals surface area contributed by atoms with Gasteiger partial charge in [-0.15, -0.1) is 0 Å². The SMILES string of the molecule is O=C(O)c1cc(F)cnc1Oc1ccccc1CCO. The molecule has 2 aromatic rings. The van der Waals surface area contributed by atoms with Gasteiger partial charge in [0, 0.05) is 6.61 Å². The number of carboxylic acid groups (broad SMARTS) is 1. The van der Waals surface area contributed by atoms with Crippen molar-refractivity contribution in [3.63, 3.8) is 0 Å². The van der Waals surface area contributed by atoms with Crippen molar-refractivity contribution in [3.05, 3.63) is 53.5 Å². The molecule has 104 valence electrons. The van der Waals surface area contributed by atoms with E-state index >= 15 is 0 Å². The molecule has 0 saturated heterocycles. The molecule has 0 bridgehead atoms. The molecular formula is C14H12FNO4. The second-order valence-corrected chi connectivity index (χ2v) is 3.99. The molecule has 2 N–H and O–H groups in total. The van der Waals surface area contributed by atoms with E-state index in [1.54, 1.807) is 24.3 Å². The molecule has 0 radical (unpaired) electrons. The molecule has 2 rings (SSSR count). The van der Waals surface area contributed by atoms with Gasteiger partial charge in [-0.1, -0.05) is 18.2 Å². The van der Waals surface area contributed by atoms with Gasteiger partial charge in [-0.05, 0) is 24.1 Å². The number of rotatable bonds is 5. The fourth-order valence-corrected chi connectivity index (χ4v) is 1.70. The van der Waals surface area contributed by atoms with Crippen molar-refractivity contribution in [2.24, 2.45) is 0 Å². The standard InChI is InChI=1S/C14H12FNO4/c15-10-7-11(14(18)19)13(16-8-10)20-12-4-2-1-3-9(12)5-6-17/h1-4,7-8,17H,5-6H2,(H,18,19). The summed E-state index contributed by atoms with van der Waals surface area (Å²) in [5.74, 6) is -1.89. The number of nitrogens with zero attached hydrogens (tertiary/aromatic N) is 1. The largest absolute Gasteiger partial charge is 0.477 e. The minimum atomic E-state index is -1.33. The highest BCUT2D eigenvalue weighted by Gasteiger charge is 2.16. The summed E-state index contributed by atoms with van der Waals surface area (Å²) in [6, 6.07) is 7.70. The predicted octanol–water partition coefficient (Wildman–Crippen LogP) is 2.25. The average molecular weight is 277 g/mol. The van der Waals surface area contributed by atoms with E-state index in [-0.39, 0.29) is 18.1 Å².